The van der Waals surface area contributed by atoms with E-state index in [1.54, 1.807) is 0 Å². The summed E-state index contributed by atoms with van der Waals surface area (Å²) in [7, 11) is 0. The normalized spacial score (nSPS) is 16.6. The molecular formula is C50H72O2. The Hall–Kier alpha value is -3.98. The lowest BCUT2D eigenvalue weighted by molar-refractivity contribution is 0.0375. The van der Waals surface area contributed by atoms with Gasteiger partial charge in [0, 0.05) is 11.8 Å². The number of hydrogen-bond donors (Lipinski definition) is 2. The minimum atomic E-state index is -0.761. The van der Waals surface area contributed by atoms with Crippen LogP contribution >= 0.6 is 0 Å². The second kappa shape index (κ2) is 25.9. The fourth-order valence-electron chi connectivity index (χ4n) is 4.62. The minimum absolute atomic E-state index is 0.0703. The van der Waals surface area contributed by atoms with E-state index < -0.39 is 11.2 Å². The fourth-order valence-corrected chi connectivity index (χ4v) is 4.62. The molecule has 0 aromatic rings. The molecule has 0 fully saturated rings. The van der Waals surface area contributed by atoms with Gasteiger partial charge in [0.1, 0.15) is 0 Å². The molecule has 2 atom stereocenters. The van der Waals surface area contributed by atoms with Gasteiger partial charge in [-0.3, -0.25) is 0 Å². The summed E-state index contributed by atoms with van der Waals surface area (Å²) in [5.74, 6) is 0.141. The second-order valence-corrected chi connectivity index (χ2v) is 15.6. The summed E-state index contributed by atoms with van der Waals surface area (Å²) in [4.78, 5) is 0. The van der Waals surface area contributed by atoms with E-state index in [9.17, 15) is 10.2 Å². The van der Waals surface area contributed by atoms with Gasteiger partial charge in [-0.1, -0.05) is 178 Å². The predicted octanol–water partition coefficient (Wildman–Crippen LogP) is 14.0. The molecule has 0 aliphatic heterocycles. The van der Waals surface area contributed by atoms with Crippen LogP contribution in [0.1, 0.15) is 110 Å². The van der Waals surface area contributed by atoms with Gasteiger partial charge >= 0.3 is 0 Å². The van der Waals surface area contributed by atoms with Crippen LogP contribution in [-0.4, -0.2) is 21.4 Å². The second-order valence-electron chi connectivity index (χ2n) is 15.6. The number of allylic oxidation sites excluding steroid dienone is 28. The monoisotopic (exact) mass is 705 g/mol. The Morgan fingerprint density at radius 2 is 0.615 bits per heavy atom. The van der Waals surface area contributed by atoms with Gasteiger partial charge in [-0.25, -0.2) is 0 Å². The van der Waals surface area contributed by atoms with Crippen LogP contribution in [0.25, 0.3) is 0 Å². The molecule has 0 aromatic carbocycles. The van der Waals surface area contributed by atoms with Crippen molar-refractivity contribution in [3.05, 3.63) is 178 Å². The molecule has 0 heterocycles. The van der Waals surface area contributed by atoms with Gasteiger partial charge in [-0.2, -0.15) is 0 Å². The average molecular weight is 705 g/mol. The minimum Gasteiger partial charge on any atom is -0.390 e. The molecule has 0 saturated heterocycles. The number of aliphatic hydroxyl groups is 2. The first kappa shape index (κ1) is 48.0. The highest BCUT2D eigenvalue weighted by Gasteiger charge is 2.24. The Morgan fingerprint density at radius 1 is 0.385 bits per heavy atom. The standard InChI is InChI=1S/C50H72O2/c1-39(2)31-35-47(49(11,12)51)37-33-45(9)29-19-27-43(7)25-17-23-41(5)21-15-16-22-42(6)24-18-26-44(8)28-20-30-46(10)34-38-48(50(13,14)52)36-32-40(3)4/h15-34,37-38,47-48,51-52H,35-36H2,1-14H3/b16-15+,23-17+,24-18+,27-19+,28-20+,37-33+,38-34+,41-21+,42-22+,43-25+,44-26+,45-29+,46-30+/t47-,48?/m0/s1. The van der Waals surface area contributed by atoms with E-state index in [0.29, 0.717) is 0 Å². The smallest absolute Gasteiger partial charge is 0.0657 e. The third-order valence-electron chi connectivity index (χ3n) is 8.26. The van der Waals surface area contributed by atoms with E-state index in [2.05, 4.69) is 203 Å². The molecule has 284 valence electrons. The summed E-state index contributed by atoms with van der Waals surface area (Å²) in [5, 5.41) is 21.1. The molecule has 1 unspecified atom stereocenters. The Bertz CT molecular complexity index is 1430. The molecule has 0 saturated carbocycles. The highest BCUT2D eigenvalue weighted by Crippen LogP contribution is 2.24. The third kappa shape index (κ3) is 26.8. The summed E-state index contributed by atoms with van der Waals surface area (Å²) in [6, 6.07) is 0. The van der Waals surface area contributed by atoms with Crippen LogP contribution in [0.15, 0.2) is 178 Å². The zero-order chi connectivity index (χ0) is 39.7. The van der Waals surface area contributed by atoms with Crippen molar-refractivity contribution in [3.8, 4) is 0 Å². The first-order valence-corrected chi connectivity index (χ1v) is 18.7. The Labute approximate surface area is 320 Å². The highest BCUT2D eigenvalue weighted by molar-refractivity contribution is 5.34. The Kier molecular flexibility index (Phi) is 23.9. The van der Waals surface area contributed by atoms with Gasteiger partial charge in [0.25, 0.3) is 0 Å². The lowest BCUT2D eigenvalue weighted by Crippen LogP contribution is -2.29. The van der Waals surface area contributed by atoms with Crippen LogP contribution in [0.3, 0.4) is 0 Å². The molecule has 2 nitrogen and oxygen atoms in total. The van der Waals surface area contributed by atoms with Gasteiger partial charge in [-0.05, 0) is 110 Å². The van der Waals surface area contributed by atoms with Crippen LogP contribution in [0, 0.1) is 11.8 Å². The molecule has 2 heteroatoms. The maximum atomic E-state index is 10.5. The van der Waals surface area contributed by atoms with Crippen LogP contribution in [0.2, 0.25) is 0 Å². The Morgan fingerprint density at radius 3 is 0.846 bits per heavy atom. The van der Waals surface area contributed by atoms with Crippen molar-refractivity contribution in [2.24, 2.45) is 11.8 Å². The van der Waals surface area contributed by atoms with Crippen molar-refractivity contribution in [3.63, 3.8) is 0 Å². The van der Waals surface area contributed by atoms with Crippen molar-refractivity contribution in [1.29, 1.82) is 0 Å². The largest absolute Gasteiger partial charge is 0.390 e. The first-order valence-electron chi connectivity index (χ1n) is 18.7. The van der Waals surface area contributed by atoms with E-state index >= 15 is 0 Å². The summed E-state index contributed by atoms with van der Waals surface area (Å²) in [6.45, 7) is 28.4. The Balaban J connectivity index is 5.08. The average Bonchev–Trinajstić information content (AvgIpc) is 3.01. The highest BCUT2D eigenvalue weighted by atomic mass is 16.3. The van der Waals surface area contributed by atoms with E-state index in [4.69, 9.17) is 0 Å². The number of hydrogen-bond acceptors (Lipinski definition) is 2. The van der Waals surface area contributed by atoms with E-state index in [1.807, 2.05) is 27.7 Å². The maximum Gasteiger partial charge on any atom is 0.0657 e. The number of rotatable bonds is 20. The molecular weight excluding hydrogens is 633 g/mol. The maximum absolute atomic E-state index is 10.5. The summed E-state index contributed by atoms with van der Waals surface area (Å²) < 4.78 is 0. The van der Waals surface area contributed by atoms with Gasteiger partial charge < -0.3 is 10.2 Å². The molecule has 0 amide bonds. The molecule has 2 N–H and O–H groups in total. The van der Waals surface area contributed by atoms with Crippen molar-refractivity contribution in [2.75, 3.05) is 0 Å². The van der Waals surface area contributed by atoms with Crippen molar-refractivity contribution < 1.29 is 10.2 Å². The SMILES string of the molecule is CC(C)=CCC(/C=C/C(C)=C/C=C/C(C)=C/C=C/C(C)=C/C=C/C=C(C)/C=C/C=C(C)/C=C/C=C(C)/C=C/[C@H](CC=C(C)C)C(C)(C)O)C(C)(C)O. The van der Waals surface area contributed by atoms with Crippen LogP contribution in [0.5, 0.6) is 0 Å². The lowest BCUT2D eigenvalue weighted by atomic mass is 9.87. The van der Waals surface area contributed by atoms with E-state index in [-0.39, 0.29) is 11.8 Å². The van der Waals surface area contributed by atoms with E-state index in [0.717, 1.165) is 24.0 Å². The molecule has 0 aliphatic rings. The topological polar surface area (TPSA) is 40.5 Å². The summed E-state index contributed by atoms with van der Waals surface area (Å²) in [5.41, 5.74) is 7.99. The summed E-state index contributed by atoms with van der Waals surface area (Å²) >= 11 is 0. The molecule has 0 radical (unpaired) electrons. The molecule has 0 aromatic heterocycles. The van der Waals surface area contributed by atoms with Crippen LogP contribution in [-0.2, 0) is 0 Å². The van der Waals surface area contributed by atoms with E-state index in [1.165, 1.54) is 33.4 Å². The molecule has 52 heavy (non-hydrogen) atoms. The molecule has 0 aliphatic carbocycles. The first-order chi connectivity index (χ1) is 24.2. The van der Waals surface area contributed by atoms with Crippen LogP contribution in [0.4, 0.5) is 0 Å². The molecule has 0 bridgehead atoms. The van der Waals surface area contributed by atoms with Crippen molar-refractivity contribution in [2.45, 2.75) is 121 Å². The third-order valence-corrected chi connectivity index (χ3v) is 8.26. The van der Waals surface area contributed by atoms with Crippen molar-refractivity contribution >= 4 is 0 Å². The van der Waals surface area contributed by atoms with Gasteiger partial charge in [0.15, 0.2) is 0 Å². The van der Waals surface area contributed by atoms with Gasteiger partial charge in [0.05, 0.1) is 11.2 Å². The van der Waals surface area contributed by atoms with Gasteiger partial charge in [-0.15, -0.1) is 0 Å². The van der Waals surface area contributed by atoms with Crippen molar-refractivity contribution in [1.82, 2.24) is 0 Å². The fraction of sp³-hybridized carbons (Fsp3) is 0.400. The quantitative estimate of drug-likeness (QED) is 0.0978. The predicted molar refractivity (Wildman–Crippen MR) is 234 cm³/mol. The molecule has 0 spiro atoms. The molecule has 0 rings (SSSR count). The van der Waals surface area contributed by atoms with Gasteiger partial charge in [0.2, 0.25) is 0 Å². The zero-order valence-corrected chi connectivity index (χ0v) is 35.2. The zero-order valence-electron chi connectivity index (χ0n) is 35.2. The summed E-state index contributed by atoms with van der Waals surface area (Å²) in [6.07, 6.45) is 47.9. The van der Waals surface area contributed by atoms with Crippen LogP contribution < -0.4 is 0 Å². The lowest BCUT2D eigenvalue weighted by Gasteiger charge is -2.26.